The number of benzene rings is 2. The molecule has 2 aromatic carbocycles. The normalized spacial score (nSPS) is 10.6. The second-order valence-electron chi connectivity index (χ2n) is 6.71. The fourth-order valence-electron chi connectivity index (χ4n) is 2.74. The number of rotatable bonds is 9. The van der Waals surface area contributed by atoms with E-state index in [0.717, 1.165) is 33.8 Å². The van der Waals surface area contributed by atoms with Gasteiger partial charge in [0.25, 0.3) is 0 Å². The molecule has 0 heterocycles. The molecule has 0 spiro atoms. The fourth-order valence-corrected chi connectivity index (χ4v) is 2.74. The Kier molecular flexibility index (Phi) is 8.27. The SMILES string of the molecule is COc1cc(CNC(=O)/C=C/CC(=O)NCc2ccc(C)c(OC)c2)ccc1C. The van der Waals surface area contributed by atoms with Crippen LogP contribution in [0.2, 0.25) is 0 Å². The minimum absolute atomic E-state index is 0.134. The van der Waals surface area contributed by atoms with Crippen LogP contribution in [0.4, 0.5) is 0 Å². The van der Waals surface area contributed by atoms with Crippen molar-refractivity contribution in [2.24, 2.45) is 0 Å². The van der Waals surface area contributed by atoms with Crippen molar-refractivity contribution in [1.29, 1.82) is 0 Å². The number of carbonyl (C=O) groups excluding carboxylic acids is 2. The van der Waals surface area contributed by atoms with E-state index in [1.165, 1.54) is 6.08 Å². The fraction of sp³-hybridized carbons (Fsp3) is 0.304. The topological polar surface area (TPSA) is 76.7 Å². The molecule has 0 aromatic heterocycles. The highest BCUT2D eigenvalue weighted by Gasteiger charge is 2.04. The second kappa shape index (κ2) is 10.9. The van der Waals surface area contributed by atoms with Gasteiger partial charge in [0, 0.05) is 19.5 Å². The molecule has 2 amide bonds. The van der Waals surface area contributed by atoms with Crippen LogP contribution in [-0.4, -0.2) is 26.0 Å². The van der Waals surface area contributed by atoms with Crippen LogP contribution in [-0.2, 0) is 22.7 Å². The maximum atomic E-state index is 12.0. The molecule has 0 unspecified atom stereocenters. The Labute approximate surface area is 171 Å². The molecule has 0 atom stereocenters. The van der Waals surface area contributed by atoms with E-state index in [-0.39, 0.29) is 18.2 Å². The first-order valence-electron chi connectivity index (χ1n) is 9.41. The predicted octanol–water partition coefficient (Wildman–Crippen LogP) is 3.20. The Hall–Kier alpha value is -3.28. The van der Waals surface area contributed by atoms with Crippen molar-refractivity contribution < 1.29 is 19.1 Å². The van der Waals surface area contributed by atoms with Gasteiger partial charge in [0.15, 0.2) is 0 Å². The Morgan fingerprint density at radius 1 is 0.862 bits per heavy atom. The van der Waals surface area contributed by atoms with Crippen LogP contribution < -0.4 is 20.1 Å². The van der Waals surface area contributed by atoms with Gasteiger partial charge >= 0.3 is 0 Å². The standard InChI is InChI=1S/C23H28N2O4/c1-16-8-10-18(12-20(16)28-3)14-24-22(26)6-5-7-23(27)25-15-19-11-9-17(2)21(13-19)29-4/h5-6,8-13H,7,14-15H2,1-4H3,(H,24,26)(H,25,27)/b6-5+. The zero-order valence-corrected chi connectivity index (χ0v) is 17.4. The molecule has 0 fully saturated rings. The van der Waals surface area contributed by atoms with E-state index >= 15 is 0 Å². The highest BCUT2D eigenvalue weighted by atomic mass is 16.5. The van der Waals surface area contributed by atoms with Crippen molar-refractivity contribution in [3.8, 4) is 11.5 Å². The third kappa shape index (κ3) is 6.99. The van der Waals surface area contributed by atoms with Gasteiger partial charge in [-0.05, 0) is 54.3 Å². The van der Waals surface area contributed by atoms with Crippen LogP contribution in [0, 0.1) is 13.8 Å². The van der Waals surface area contributed by atoms with E-state index in [0.29, 0.717) is 13.1 Å². The lowest BCUT2D eigenvalue weighted by Gasteiger charge is -2.08. The molecule has 154 valence electrons. The van der Waals surface area contributed by atoms with Gasteiger partial charge in [-0.25, -0.2) is 0 Å². The zero-order valence-electron chi connectivity index (χ0n) is 17.4. The average molecular weight is 396 g/mol. The Balaban J connectivity index is 1.74. The molecule has 0 radical (unpaired) electrons. The minimum Gasteiger partial charge on any atom is -0.496 e. The monoisotopic (exact) mass is 396 g/mol. The second-order valence-corrected chi connectivity index (χ2v) is 6.71. The average Bonchev–Trinajstić information content (AvgIpc) is 2.72. The van der Waals surface area contributed by atoms with Crippen molar-refractivity contribution in [2.75, 3.05) is 14.2 Å². The number of aryl methyl sites for hydroxylation is 2. The summed E-state index contributed by atoms with van der Waals surface area (Å²) in [6, 6.07) is 11.6. The van der Waals surface area contributed by atoms with Gasteiger partial charge in [-0.3, -0.25) is 9.59 Å². The maximum Gasteiger partial charge on any atom is 0.243 e. The van der Waals surface area contributed by atoms with E-state index in [1.54, 1.807) is 20.3 Å². The van der Waals surface area contributed by atoms with Gasteiger partial charge in [0.2, 0.25) is 11.8 Å². The lowest BCUT2D eigenvalue weighted by atomic mass is 10.1. The predicted molar refractivity (Wildman–Crippen MR) is 113 cm³/mol. The molecular weight excluding hydrogens is 368 g/mol. The third-order valence-electron chi connectivity index (χ3n) is 4.47. The number of ether oxygens (including phenoxy) is 2. The summed E-state index contributed by atoms with van der Waals surface area (Å²) in [4.78, 5) is 23.9. The molecule has 29 heavy (non-hydrogen) atoms. The van der Waals surface area contributed by atoms with Crippen LogP contribution in [0.1, 0.15) is 28.7 Å². The number of methoxy groups -OCH3 is 2. The van der Waals surface area contributed by atoms with Crippen molar-refractivity contribution in [3.63, 3.8) is 0 Å². The largest absolute Gasteiger partial charge is 0.496 e. The van der Waals surface area contributed by atoms with E-state index in [4.69, 9.17) is 9.47 Å². The van der Waals surface area contributed by atoms with E-state index in [1.807, 2.05) is 50.2 Å². The molecule has 6 heteroatoms. The third-order valence-corrected chi connectivity index (χ3v) is 4.47. The molecule has 0 saturated carbocycles. The summed E-state index contributed by atoms with van der Waals surface area (Å²) in [5, 5.41) is 5.62. The van der Waals surface area contributed by atoms with Gasteiger partial charge in [-0.15, -0.1) is 0 Å². The van der Waals surface area contributed by atoms with Crippen molar-refractivity contribution >= 4 is 11.8 Å². The number of hydrogen-bond donors (Lipinski definition) is 2. The Morgan fingerprint density at radius 2 is 1.38 bits per heavy atom. The van der Waals surface area contributed by atoms with Gasteiger partial charge in [-0.2, -0.15) is 0 Å². The van der Waals surface area contributed by atoms with E-state index in [9.17, 15) is 9.59 Å². The highest BCUT2D eigenvalue weighted by molar-refractivity contribution is 5.88. The van der Waals surface area contributed by atoms with Crippen LogP contribution in [0.3, 0.4) is 0 Å². The number of nitrogens with one attached hydrogen (secondary N) is 2. The summed E-state index contributed by atoms with van der Waals surface area (Å²) in [5.41, 5.74) is 3.98. The summed E-state index contributed by atoms with van der Waals surface area (Å²) >= 11 is 0. The molecule has 2 aromatic rings. The number of carbonyl (C=O) groups is 2. The first kappa shape index (κ1) is 22.0. The molecule has 0 aliphatic carbocycles. The molecule has 0 saturated heterocycles. The Bertz CT molecular complexity index is 890. The van der Waals surface area contributed by atoms with Crippen molar-refractivity contribution in [2.45, 2.75) is 33.4 Å². The Morgan fingerprint density at radius 3 is 1.90 bits per heavy atom. The van der Waals surface area contributed by atoms with Gasteiger partial charge in [-0.1, -0.05) is 30.3 Å². The van der Waals surface area contributed by atoms with Crippen LogP contribution >= 0.6 is 0 Å². The van der Waals surface area contributed by atoms with Crippen molar-refractivity contribution in [3.05, 3.63) is 70.8 Å². The van der Waals surface area contributed by atoms with E-state index < -0.39 is 0 Å². The van der Waals surface area contributed by atoms with Crippen LogP contribution in [0.5, 0.6) is 11.5 Å². The van der Waals surface area contributed by atoms with Crippen molar-refractivity contribution in [1.82, 2.24) is 10.6 Å². The van der Waals surface area contributed by atoms with Gasteiger partial charge < -0.3 is 20.1 Å². The highest BCUT2D eigenvalue weighted by Crippen LogP contribution is 2.19. The quantitative estimate of drug-likeness (QED) is 0.638. The molecule has 0 bridgehead atoms. The lowest BCUT2D eigenvalue weighted by Crippen LogP contribution is -2.23. The summed E-state index contributed by atoms with van der Waals surface area (Å²) < 4.78 is 10.6. The molecule has 0 aliphatic rings. The van der Waals surface area contributed by atoms with Crippen LogP contribution in [0.25, 0.3) is 0 Å². The smallest absolute Gasteiger partial charge is 0.243 e. The summed E-state index contributed by atoms with van der Waals surface area (Å²) in [6.07, 6.45) is 3.06. The first-order chi connectivity index (χ1) is 13.9. The summed E-state index contributed by atoms with van der Waals surface area (Å²) in [5.74, 6) is 1.17. The van der Waals surface area contributed by atoms with Gasteiger partial charge in [0.05, 0.1) is 14.2 Å². The first-order valence-corrected chi connectivity index (χ1v) is 9.41. The number of hydrogen-bond acceptors (Lipinski definition) is 4. The molecule has 2 rings (SSSR count). The van der Waals surface area contributed by atoms with Gasteiger partial charge in [0.1, 0.15) is 11.5 Å². The molecule has 6 nitrogen and oxygen atoms in total. The lowest BCUT2D eigenvalue weighted by molar-refractivity contribution is -0.120. The minimum atomic E-state index is -0.249. The molecule has 2 N–H and O–H groups in total. The summed E-state index contributed by atoms with van der Waals surface area (Å²) in [6.45, 7) is 4.72. The molecule has 0 aliphatic heterocycles. The number of amides is 2. The maximum absolute atomic E-state index is 12.0. The summed E-state index contributed by atoms with van der Waals surface area (Å²) in [7, 11) is 3.24. The van der Waals surface area contributed by atoms with E-state index in [2.05, 4.69) is 10.6 Å². The zero-order chi connectivity index (χ0) is 21.2. The van der Waals surface area contributed by atoms with Crippen LogP contribution in [0.15, 0.2) is 48.6 Å². The molecular formula is C23H28N2O4.